The summed E-state index contributed by atoms with van der Waals surface area (Å²) in [7, 11) is 0. The highest BCUT2D eigenvalue weighted by molar-refractivity contribution is 5.87. The van der Waals surface area contributed by atoms with E-state index in [-0.39, 0.29) is 6.47 Å². The molecule has 0 bridgehead atoms. The standard InChI is InChI=1S/C9H10O9/c10-3-18-7(13)2-5(9(16)17)4(8(14)15)1-6(11)12/h3-5H,1-2H2,(H,11,12)(H,14,15)(H,16,17). The van der Waals surface area contributed by atoms with Gasteiger partial charge in [-0.05, 0) is 0 Å². The summed E-state index contributed by atoms with van der Waals surface area (Å²) >= 11 is 0. The minimum absolute atomic E-state index is 0.228. The summed E-state index contributed by atoms with van der Waals surface area (Å²) in [5.74, 6) is -9.66. The van der Waals surface area contributed by atoms with Crippen LogP contribution >= 0.6 is 0 Å². The largest absolute Gasteiger partial charge is 0.481 e. The second kappa shape index (κ2) is 6.99. The van der Waals surface area contributed by atoms with Gasteiger partial charge in [0, 0.05) is 0 Å². The summed E-state index contributed by atoms with van der Waals surface area (Å²) in [6.07, 6.45) is -1.86. The molecule has 0 aliphatic heterocycles. The zero-order chi connectivity index (χ0) is 14.3. The van der Waals surface area contributed by atoms with Crippen LogP contribution in [0.15, 0.2) is 0 Å². The molecular formula is C9H10O9. The van der Waals surface area contributed by atoms with Crippen LogP contribution in [0, 0.1) is 11.8 Å². The highest BCUT2D eigenvalue weighted by Crippen LogP contribution is 2.21. The van der Waals surface area contributed by atoms with E-state index in [2.05, 4.69) is 4.74 Å². The summed E-state index contributed by atoms with van der Waals surface area (Å²) in [5.41, 5.74) is 0. The Morgan fingerprint density at radius 2 is 1.39 bits per heavy atom. The van der Waals surface area contributed by atoms with Crippen LogP contribution in [0.2, 0.25) is 0 Å². The highest BCUT2D eigenvalue weighted by Gasteiger charge is 2.37. The third-order valence-electron chi connectivity index (χ3n) is 2.08. The lowest BCUT2D eigenvalue weighted by Crippen LogP contribution is -2.33. The Bertz CT molecular complexity index is 372. The predicted octanol–water partition coefficient (Wildman–Crippen LogP) is -1.05. The number of hydrogen-bond acceptors (Lipinski definition) is 6. The number of hydrogen-bond donors (Lipinski definition) is 3. The summed E-state index contributed by atoms with van der Waals surface area (Å²) < 4.78 is 3.83. The van der Waals surface area contributed by atoms with E-state index in [1.807, 2.05) is 0 Å². The fourth-order valence-electron chi connectivity index (χ4n) is 1.27. The normalized spacial score (nSPS) is 13.1. The number of ether oxygens (including phenoxy) is 1. The van der Waals surface area contributed by atoms with Gasteiger partial charge in [-0.25, -0.2) is 0 Å². The zero-order valence-corrected chi connectivity index (χ0v) is 8.94. The minimum Gasteiger partial charge on any atom is -0.481 e. The molecule has 0 amide bonds. The Labute approximate surface area is 100.0 Å². The topological polar surface area (TPSA) is 155 Å². The van der Waals surface area contributed by atoms with Crippen molar-refractivity contribution in [2.75, 3.05) is 0 Å². The van der Waals surface area contributed by atoms with Gasteiger partial charge in [0.2, 0.25) is 0 Å². The average molecular weight is 262 g/mol. The van der Waals surface area contributed by atoms with Gasteiger partial charge in [-0.15, -0.1) is 0 Å². The van der Waals surface area contributed by atoms with E-state index < -0.39 is 48.6 Å². The van der Waals surface area contributed by atoms with Crippen LogP contribution in [-0.2, 0) is 28.7 Å². The minimum atomic E-state index is -1.79. The quantitative estimate of drug-likeness (QED) is 0.282. The molecule has 18 heavy (non-hydrogen) atoms. The Balaban J connectivity index is 4.97. The number of carboxylic acids is 3. The lowest BCUT2D eigenvalue weighted by molar-refractivity contribution is -0.162. The van der Waals surface area contributed by atoms with Gasteiger partial charge in [0.25, 0.3) is 0 Å². The summed E-state index contributed by atoms with van der Waals surface area (Å²) in [5, 5.41) is 26.0. The number of carboxylic acid groups (broad SMARTS) is 3. The van der Waals surface area contributed by atoms with Crippen LogP contribution in [0.3, 0.4) is 0 Å². The molecule has 9 nitrogen and oxygen atoms in total. The molecule has 0 saturated carbocycles. The van der Waals surface area contributed by atoms with Crippen molar-refractivity contribution in [1.29, 1.82) is 0 Å². The monoisotopic (exact) mass is 262 g/mol. The molecule has 0 aliphatic carbocycles. The van der Waals surface area contributed by atoms with Crippen molar-refractivity contribution in [1.82, 2.24) is 0 Å². The predicted molar refractivity (Wildman–Crippen MR) is 51.3 cm³/mol. The average Bonchev–Trinajstić information content (AvgIpc) is 2.22. The molecule has 0 radical (unpaired) electrons. The Morgan fingerprint density at radius 3 is 1.72 bits per heavy atom. The van der Waals surface area contributed by atoms with Gasteiger partial charge in [0.1, 0.15) is 0 Å². The first-order chi connectivity index (χ1) is 8.29. The summed E-state index contributed by atoms with van der Waals surface area (Å²) in [4.78, 5) is 52.8. The number of esters is 1. The van der Waals surface area contributed by atoms with Crippen molar-refractivity contribution in [3.05, 3.63) is 0 Å². The number of aliphatic carboxylic acids is 3. The molecule has 0 aromatic carbocycles. The van der Waals surface area contributed by atoms with Crippen LogP contribution in [0.1, 0.15) is 12.8 Å². The smallest absolute Gasteiger partial charge is 0.314 e. The second-order valence-electron chi connectivity index (χ2n) is 3.28. The van der Waals surface area contributed by atoms with Crippen LogP contribution in [0.5, 0.6) is 0 Å². The molecule has 3 N–H and O–H groups in total. The maximum absolute atomic E-state index is 10.9. The van der Waals surface area contributed by atoms with E-state index in [0.29, 0.717) is 0 Å². The maximum Gasteiger partial charge on any atom is 0.314 e. The fourth-order valence-corrected chi connectivity index (χ4v) is 1.27. The van der Waals surface area contributed by atoms with Crippen molar-refractivity contribution in [3.8, 4) is 0 Å². The van der Waals surface area contributed by atoms with Crippen LogP contribution in [0.4, 0.5) is 0 Å². The van der Waals surface area contributed by atoms with Gasteiger partial charge in [-0.2, -0.15) is 0 Å². The van der Waals surface area contributed by atoms with Crippen molar-refractivity contribution < 1.29 is 44.0 Å². The Hall–Kier alpha value is -2.45. The molecule has 0 aromatic heterocycles. The van der Waals surface area contributed by atoms with Crippen LogP contribution in [0.25, 0.3) is 0 Å². The molecule has 0 saturated heterocycles. The fraction of sp³-hybridized carbons (Fsp3) is 0.444. The van der Waals surface area contributed by atoms with Gasteiger partial charge in [-0.3, -0.25) is 24.0 Å². The maximum atomic E-state index is 10.9. The van der Waals surface area contributed by atoms with E-state index >= 15 is 0 Å². The first-order valence-corrected chi connectivity index (χ1v) is 4.60. The van der Waals surface area contributed by atoms with E-state index in [0.717, 1.165) is 0 Å². The third kappa shape index (κ3) is 5.05. The number of carbonyl (C=O) groups is 5. The molecule has 2 unspecified atom stereocenters. The van der Waals surface area contributed by atoms with E-state index in [1.165, 1.54) is 0 Å². The molecule has 0 spiro atoms. The van der Waals surface area contributed by atoms with Crippen LogP contribution < -0.4 is 0 Å². The lowest BCUT2D eigenvalue weighted by Gasteiger charge is -2.17. The highest BCUT2D eigenvalue weighted by atomic mass is 16.6. The van der Waals surface area contributed by atoms with Crippen molar-refractivity contribution in [2.24, 2.45) is 11.8 Å². The first kappa shape index (κ1) is 15.6. The Kier molecular flexibility index (Phi) is 6.04. The molecule has 0 aliphatic rings. The van der Waals surface area contributed by atoms with Crippen molar-refractivity contribution >= 4 is 30.3 Å². The number of rotatable bonds is 8. The van der Waals surface area contributed by atoms with Gasteiger partial charge >= 0.3 is 30.3 Å². The SMILES string of the molecule is O=COC(=O)CC(C(=O)O)C(CC(=O)O)C(=O)O. The summed E-state index contributed by atoms with van der Waals surface area (Å²) in [6.45, 7) is -0.228. The molecule has 0 fully saturated rings. The molecule has 9 heteroatoms. The molecule has 0 rings (SSSR count). The molecule has 0 heterocycles. The zero-order valence-electron chi connectivity index (χ0n) is 8.94. The van der Waals surface area contributed by atoms with Gasteiger partial charge in [0.15, 0.2) is 0 Å². The Morgan fingerprint density at radius 1 is 0.944 bits per heavy atom. The lowest BCUT2D eigenvalue weighted by atomic mass is 9.87. The van der Waals surface area contributed by atoms with Crippen molar-refractivity contribution in [2.45, 2.75) is 12.8 Å². The van der Waals surface area contributed by atoms with Gasteiger partial charge in [-0.1, -0.05) is 0 Å². The third-order valence-corrected chi connectivity index (χ3v) is 2.08. The van der Waals surface area contributed by atoms with E-state index in [1.54, 1.807) is 0 Å². The van der Waals surface area contributed by atoms with Gasteiger partial charge in [0.05, 0.1) is 24.7 Å². The molecule has 2 atom stereocenters. The summed E-state index contributed by atoms with van der Waals surface area (Å²) in [6, 6.07) is 0. The number of carbonyl (C=O) groups excluding carboxylic acids is 2. The molecular weight excluding hydrogens is 252 g/mol. The van der Waals surface area contributed by atoms with Crippen LogP contribution in [-0.4, -0.2) is 45.7 Å². The van der Waals surface area contributed by atoms with Crippen molar-refractivity contribution in [3.63, 3.8) is 0 Å². The van der Waals surface area contributed by atoms with E-state index in [4.69, 9.17) is 15.3 Å². The first-order valence-electron chi connectivity index (χ1n) is 4.60. The van der Waals surface area contributed by atoms with Gasteiger partial charge < -0.3 is 20.1 Å². The van der Waals surface area contributed by atoms with E-state index in [9.17, 15) is 24.0 Å². The second-order valence-corrected chi connectivity index (χ2v) is 3.28. The molecule has 0 aromatic rings. The molecule has 100 valence electrons.